The number of fused-ring (bicyclic) bond motifs is 1. The van der Waals surface area contributed by atoms with Gasteiger partial charge in [-0.05, 0) is 44.9 Å². The first-order chi connectivity index (χ1) is 11.8. The van der Waals surface area contributed by atoms with Gasteiger partial charge in [0.15, 0.2) is 0 Å². The maximum atomic E-state index is 12.8. The van der Waals surface area contributed by atoms with E-state index in [1.807, 2.05) is 32.9 Å². The third-order valence-corrected chi connectivity index (χ3v) is 4.14. The number of rotatable bonds is 4. The van der Waals surface area contributed by atoms with Crippen molar-refractivity contribution < 1.29 is 14.3 Å². The normalized spacial score (nSPS) is 19.0. The molecule has 0 saturated carbocycles. The van der Waals surface area contributed by atoms with Gasteiger partial charge in [0.2, 0.25) is 0 Å². The zero-order chi connectivity index (χ0) is 18.2. The minimum absolute atomic E-state index is 0.473. The second-order valence-electron chi connectivity index (χ2n) is 6.44. The SMILES string of the molecule is CCCn1nc(C)cc1NC(=O)C1(C)Oc2ccc(C)cc2NC1=O. The molecule has 1 aromatic heterocycles. The van der Waals surface area contributed by atoms with E-state index >= 15 is 0 Å². The average Bonchev–Trinajstić information content (AvgIpc) is 2.88. The van der Waals surface area contributed by atoms with Gasteiger partial charge in [-0.1, -0.05) is 13.0 Å². The summed E-state index contributed by atoms with van der Waals surface area (Å²) in [7, 11) is 0. The monoisotopic (exact) mass is 342 g/mol. The fourth-order valence-corrected chi connectivity index (χ4v) is 2.75. The average molecular weight is 342 g/mol. The van der Waals surface area contributed by atoms with Crippen LogP contribution in [-0.2, 0) is 16.1 Å². The number of nitrogens with one attached hydrogen (secondary N) is 2. The number of nitrogens with zero attached hydrogens (tertiary/aromatic N) is 2. The number of amides is 2. The number of anilines is 2. The summed E-state index contributed by atoms with van der Waals surface area (Å²) in [5.41, 5.74) is 0.706. The smallest absolute Gasteiger partial charge is 0.279 e. The fraction of sp³-hybridized carbons (Fsp3) is 0.389. The van der Waals surface area contributed by atoms with Crippen molar-refractivity contribution >= 4 is 23.3 Å². The maximum Gasteiger partial charge on any atom is 0.279 e. The van der Waals surface area contributed by atoms with Crippen LogP contribution in [0.3, 0.4) is 0 Å². The lowest BCUT2D eigenvalue weighted by molar-refractivity contribution is -0.143. The van der Waals surface area contributed by atoms with E-state index in [9.17, 15) is 9.59 Å². The van der Waals surface area contributed by atoms with Crippen molar-refractivity contribution in [3.8, 4) is 5.75 Å². The third kappa shape index (κ3) is 3.09. The molecule has 0 bridgehead atoms. The third-order valence-electron chi connectivity index (χ3n) is 4.14. The number of hydrogen-bond acceptors (Lipinski definition) is 4. The van der Waals surface area contributed by atoms with Crippen LogP contribution in [0.15, 0.2) is 24.3 Å². The first kappa shape index (κ1) is 17.0. The van der Waals surface area contributed by atoms with Crippen LogP contribution in [-0.4, -0.2) is 27.2 Å². The predicted octanol–water partition coefficient (Wildman–Crippen LogP) is 2.64. The highest BCUT2D eigenvalue weighted by atomic mass is 16.5. The van der Waals surface area contributed by atoms with Gasteiger partial charge in [-0.25, -0.2) is 4.68 Å². The Hall–Kier alpha value is -2.83. The lowest BCUT2D eigenvalue weighted by Gasteiger charge is -2.33. The molecule has 2 aromatic rings. The van der Waals surface area contributed by atoms with E-state index < -0.39 is 17.4 Å². The van der Waals surface area contributed by atoms with E-state index in [1.54, 1.807) is 16.8 Å². The van der Waals surface area contributed by atoms with Crippen LogP contribution < -0.4 is 15.4 Å². The molecule has 132 valence electrons. The number of hydrogen-bond donors (Lipinski definition) is 2. The molecule has 1 atom stereocenters. The molecule has 7 heteroatoms. The molecule has 0 radical (unpaired) electrons. The summed E-state index contributed by atoms with van der Waals surface area (Å²) in [6, 6.07) is 7.20. The largest absolute Gasteiger partial charge is 0.466 e. The second-order valence-corrected chi connectivity index (χ2v) is 6.44. The van der Waals surface area contributed by atoms with Crippen molar-refractivity contribution in [3.05, 3.63) is 35.5 Å². The standard InChI is InChI=1S/C18H22N4O3/c1-5-8-22-15(10-12(3)21-22)20-17(24)18(4)16(23)19-13-9-11(2)6-7-14(13)25-18/h6-7,9-10H,5,8H2,1-4H3,(H,19,23)(H,20,24). The van der Waals surface area contributed by atoms with Gasteiger partial charge in [0, 0.05) is 12.6 Å². The number of carbonyl (C=O) groups excluding carboxylic acids is 2. The summed E-state index contributed by atoms with van der Waals surface area (Å²) in [6.45, 7) is 7.94. The molecular weight excluding hydrogens is 320 g/mol. The molecule has 25 heavy (non-hydrogen) atoms. The molecule has 0 fully saturated rings. The van der Waals surface area contributed by atoms with Crippen LogP contribution >= 0.6 is 0 Å². The molecule has 1 aromatic carbocycles. The molecule has 2 amide bonds. The van der Waals surface area contributed by atoms with Crippen LogP contribution in [0.5, 0.6) is 5.75 Å². The first-order valence-electron chi connectivity index (χ1n) is 8.30. The number of benzene rings is 1. The molecule has 7 nitrogen and oxygen atoms in total. The molecule has 0 aliphatic carbocycles. The van der Waals surface area contributed by atoms with E-state index in [1.165, 1.54) is 6.92 Å². The van der Waals surface area contributed by atoms with E-state index in [4.69, 9.17) is 4.74 Å². The van der Waals surface area contributed by atoms with E-state index in [0.717, 1.165) is 17.7 Å². The van der Waals surface area contributed by atoms with Gasteiger partial charge in [0.25, 0.3) is 17.4 Å². The van der Waals surface area contributed by atoms with Gasteiger partial charge in [-0.15, -0.1) is 0 Å². The molecule has 3 rings (SSSR count). The number of aryl methyl sites for hydroxylation is 3. The van der Waals surface area contributed by atoms with Crippen molar-refractivity contribution in [3.63, 3.8) is 0 Å². The Morgan fingerprint density at radius 1 is 1.36 bits per heavy atom. The molecule has 1 aliphatic rings. The summed E-state index contributed by atoms with van der Waals surface area (Å²) in [5.74, 6) is -0.00682. The Kier molecular flexibility index (Phi) is 4.24. The Morgan fingerprint density at radius 3 is 2.84 bits per heavy atom. The highest BCUT2D eigenvalue weighted by Gasteiger charge is 2.47. The van der Waals surface area contributed by atoms with Gasteiger partial charge >= 0.3 is 0 Å². The molecule has 1 aliphatic heterocycles. The van der Waals surface area contributed by atoms with Gasteiger partial charge in [0.05, 0.1) is 11.4 Å². The van der Waals surface area contributed by atoms with Crippen molar-refractivity contribution in [2.45, 2.75) is 46.3 Å². The Balaban J connectivity index is 1.86. The number of carbonyl (C=O) groups is 2. The van der Waals surface area contributed by atoms with Crippen LogP contribution in [0.2, 0.25) is 0 Å². The lowest BCUT2D eigenvalue weighted by Crippen LogP contribution is -2.56. The number of aromatic nitrogens is 2. The van der Waals surface area contributed by atoms with Crippen molar-refractivity contribution in [2.24, 2.45) is 0 Å². The van der Waals surface area contributed by atoms with Crippen LogP contribution in [0.1, 0.15) is 31.5 Å². The second kappa shape index (κ2) is 6.23. The van der Waals surface area contributed by atoms with Crippen molar-refractivity contribution in [1.29, 1.82) is 0 Å². The molecular formula is C18H22N4O3. The van der Waals surface area contributed by atoms with Gasteiger partial charge in [-0.3, -0.25) is 9.59 Å². The van der Waals surface area contributed by atoms with Crippen LogP contribution in [0.25, 0.3) is 0 Å². The topological polar surface area (TPSA) is 85.2 Å². The molecule has 1 unspecified atom stereocenters. The zero-order valence-corrected chi connectivity index (χ0v) is 14.8. The van der Waals surface area contributed by atoms with Gasteiger partial charge in [0.1, 0.15) is 11.6 Å². The van der Waals surface area contributed by atoms with E-state index in [0.29, 0.717) is 23.8 Å². The van der Waals surface area contributed by atoms with Crippen molar-refractivity contribution in [2.75, 3.05) is 10.6 Å². The summed E-state index contributed by atoms with van der Waals surface area (Å²) in [5, 5.41) is 9.88. The van der Waals surface area contributed by atoms with Crippen LogP contribution in [0, 0.1) is 13.8 Å². The highest BCUT2D eigenvalue weighted by molar-refractivity contribution is 6.18. The summed E-state index contributed by atoms with van der Waals surface area (Å²) >= 11 is 0. The summed E-state index contributed by atoms with van der Waals surface area (Å²) in [6.07, 6.45) is 0.880. The number of ether oxygens (including phenoxy) is 1. The summed E-state index contributed by atoms with van der Waals surface area (Å²) < 4.78 is 7.49. The Morgan fingerprint density at radius 2 is 2.12 bits per heavy atom. The predicted molar refractivity (Wildman–Crippen MR) is 94.7 cm³/mol. The van der Waals surface area contributed by atoms with Crippen LogP contribution in [0.4, 0.5) is 11.5 Å². The van der Waals surface area contributed by atoms with E-state index in [2.05, 4.69) is 15.7 Å². The quantitative estimate of drug-likeness (QED) is 0.837. The molecule has 2 heterocycles. The van der Waals surface area contributed by atoms with Gasteiger partial charge < -0.3 is 15.4 Å². The van der Waals surface area contributed by atoms with Gasteiger partial charge in [-0.2, -0.15) is 5.10 Å². The maximum absolute atomic E-state index is 12.8. The highest BCUT2D eigenvalue weighted by Crippen LogP contribution is 2.34. The molecule has 0 spiro atoms. The minimum atomic E-state index is -1.66. The lowest BCUT2D eigenvalue weighted by atomic mass is 10.0. The minimum Gasteiger partial charge on any atom is -0.466 e. The zero-order valence-electron chi connectivity index (χ0n) is 14.8. The molecule has 2 N–H and O–H groups in total. The van der Waals surface area contributed by atoms with E-state index in [-0.39, 0.29) is 0 Å². The Bertz CT molecular complexity index is 843. The first-order valence-corrected chi connectivity index (χ1v) is 8.30. The molecule has 0 saturated heterocycles. The van der Waals surface area contributed by atoms with Crippen molar-refractivity contribution in [1.82, 2.24) is 9.78 Å². The summed E-state index contributed by atoms with van der Waals surface area (Å²) in [4.78, 5) is 25.3. The fourth-order valence-electron chi connectivity index (χ4n) is 2.75. The Labute approximate surface area is 146 Å².